The van der Waals surface area contributed by atoms with Crippen LogP contribution < -0.4 is 5.32 Å². The minimum atomic E-state index is -4.40. The van der Waals surface area contributed by atoms with Crippen molar-refractivity contribution >= 4 is 12.4 Å². The van der Waals surface area contributed by atoms with Gasteiger partial charge in [-0.15, -0.1) is 12.4 Å². The van der Waals surface area contributed by atoms with Crippen molar-refractivity contribution in [3.05, 3.63) is 35.4 Å². The third kappa shape index (κ3) is 4.56. The zero-order valence-corrected chi connectivity index (χ0v) is 12.3. The highest BCUT2D eigenvalue weighted by Crippen LogP contribution is 2.37. The Labute approximate surface area is 127 Å². The lowest BCUT2D eigenvalue weighted by Crippen LogP contribution is -2.45. The molecular weight excluding hydrogens is 308 g/mol. The van der Waals surface area contributed by atoms with Crippen LogP contribution in [0.5, 0.6) is 0 Å². The Kier molecular flexibility index (Phi) is 6.90. The lowest BCUT2D eigenvalue weighted by Gasteiger charge is -2.36. The Morgan fingerprint density at radius 3 is 2.33 bits per heavy atom. The molecule has 21 heavy (non-hydrogen) atoms. The summed E-state index contributed by atoms with van der Waals surface area (Å²) in [5, 5.41) is 3.15. The fraction of sp³-hybridized carbons (Fsp3) is 0.571. The van der Waals surface area contributed by atoms with Crippen LogP contribution in [0.25, 0.3) is 0 Å². The van der Waals surface area contributed by atoms with Crippen molar-refractivity contribution < 1.29 is 17.6 Å². The van der Waals surface area contributed by atoms with E-state index in [0.29, 0.717) is 13.1 Å². The van der Waals surface area contributed by atoms with Crippen LogP contribution in [0, 0.1) is 0 Å². The summed E-state index contributed by atoms with van der Waals surface area (Å²) in [6.07, 6.45) is -4.31. The SMILES string of the molecule is Cl.FCC[C@H](c1ccccc1C(F)(F)F)N1CCNCC1. The molecule has 0 unspecified atom stereocenters. The van der Waals surface area contributed by atoms with Crippen LogP contribution in [0.3, 0.4) is 0 Å². The molecule has 0 radical (unpaired) electrons. The molecular formula is C14H19ClF4N2. The molecule has 2 rings (SSSR count). The van der Waals surface area contributed by atoms with Gasteiger partial charge >= 0.3 is 6.18 Å². The maximum atomic E-state index is 13.1. The van der Waals surface area contributed by atoms with Gasteiger partial charge in [-0.25, -0.2) is 0 Å². The fourth-order valence-electron chi connectivity index (χ4n) is 2.68. The number of nitrogens with zero attached hydrogens (tertiary/aromatic N) is 1. The largest absolute Gasteiger partial charge is 0.416 e. The normalized spacial score (nSPS) is 18.1. The van der Waals surface area contributed by atoms with Crippen LogP contribution in [0.1, 0.15) is 23.6 Å². The van der Waals surface area contributed by atoms with Crippen molar-refractivity contribution in [1.82, 2.24) is 10.2 Å². The molecule has 0 saturated carbocycles. The van der Waals surface area contributed by atoms with Gasteiger partial charge in [0.15, 0.2) is 0 Å². The summed E-state index contributed by atoms with van der Waals surface area (Å²) in [7, 11) is 0. The van der Waals surface area contributed by atoms with Crippen LogP contribution in [0.15, 0.2) is 24.3 Å². The van der Waals surface area contributed by atoms with Crippen molar-refractivity contribution in [1.29, 1.82) is 0 Å². The third-order valence-corrected chi connectivity index (χ3v) is 3.60. The van der Waals surface area contributed by atoms with Crippen molar-refractivity contribution in [2.24, 2.45) is 0 Å². The van der Waals surface area contributed by atoms with Gasteiger partial charge in [-0.2, -0.15) is 13.2 Å². The second-order valence-corrected chi connectivity index (χ2v) is 4.86. The lowest BCUT2D eigenvalue weighted by molar-refractivity contribution is -0.138. The highest BCUT2D eigenvalue weighted by molar-refractivity contribution is 5.85. The molecule has 1 saturated heterocycles. The number of halogens is 5. The molecule has 0 amide bonds. The maximum Gasteiger partial charge on any atom is 0.416 e. The molecule has 0 spiro atoms. The Balaban J connectivity index is 0.00000220. The van der Waals surface area contributed by atoms with Crippen molar-refractivity contribution in [3.63, 3.8) is 0 Å². The van der Waals surface area contributed by atoms with E-state index in [4.69, 9.17) is 0 Å². The molecule has 1 fully saturated rings. The van der Waals surface area contributed by atoms with Gasteiger partial charge in [-0.1, -0.05) is 18.2 Å². The molecule has 120 valence electrons. The summed E-state index contributed by atoms with van der Waals surface area (Å²) < 4.78 is 52.1. The molecule has 1 atom stereocenters. The molecule has 1 aromatic carbocycles. The number of hydrogen-bond donors (Lipinski definition) is 1. The highest BCUT2D eigenvalue weighted by Gasteiger charge is 2.36. The predicted molar refractivity (Wildman–Crippen MR) is 76.5 cm³/mol. The Hall–Kier alpha value is -0.850. The molecule has 2 nitrogen and oxygen atoms in total. The van der Waals surface area contributed by atoms with Gasteiger partial charge in [0.2, 0.25) is 0 Å². The molecule has 0 aromatic heterocycles. The first-order valence-electron chi connectivity index (χ1n) is 6.71. The first-order chi connectivity index (χ1) is 9.54. The monoisotopic (exact) mass is 326 g/mol. The van der Waals surface area contributed by atoms with E-state index in [1.54, 1.807) is 6.07 Å². The summed E-state index contributed by atoms with van der Waals surface area (Å²) >= 11 is 0. The average molecular weight is 327 g/mol. The molecule has 0 bridgehead atoms. The first-order valence-corrected chi connectivity index (χ1v) is 6.71. The van der Waals surface area contributed by atoms with Crippen LogP contribution >= 0.6 is 12.4 Å². The van der Waals surface area contributed by atoms with E-state index in [1.165, 1.54) is 12.1 Å². The standard InChI is InChI=1S/C14H18F4N2.ClH/c15-6-5-13(20-9-7-19-8-10-20)11-3-1-2-4-12(11)14(16,17)18;/h1-4,13,19H,5-10H2;1H/t13-;/m1./s1. The van der Waals surface area contributed by atoms with Gasteiger partial charge in [0, 0.05) is 32.2 Å². The van der Waals surface area contributed by atoms with Crippen molar-refractivity contribution in [3.8, 4) is 0 Å². The van der Waals surface area contributed by atoms with E-state index in [2.05, 4.69) is 5.32 Å². The van der Waals surface area contributed by atoms with E-state index in [9.17, 15) is 17.6 Å². The number of piperazine rings is 1. The molecule has 1 N–H and O–H groups in total. The van der Waals surface area contributed by atoms with Gasteiger partial charge in [0.25, 0.3) is 0 Å². The Bertz CT molecular complexity index is 433. The number of alkyl halides is 4. The zero-order chi connectivity index (χ0) is 14.6. The van der Waals surface area contributed by atoms with E-state index in [1.807, 2.05) is 4.90 Å². The summed E-state index contributed by atoms with van der Waals surface area (Å²) in [6, 6.07) is 4.97. The topological polar surface area (TPSA) is 15.3 Å². The lowest BCUT2D eigenvalue weighted by atomic mass is 9.96. The van der Waals surface area contributed by atoms with Crippen LogP contribution in [-0.4, -0.2) is 37.8 Å². The number of benzene rings is 1. The van der Waals surface area contributed by atoms with Crippen LogP contribution in [-0.2, 0) is 6.18 Å². The average Bonchev–Trinajstić information content (AvgIpc) is 2.45. The van der Waals surface area contributed by atoms with E-state index in [0.717, 1.165) is 19.2 Å². The van der Waals surface area contributed by atoms with Crippen LogP contribution in [0.4, 0.5) is 17.6 Å². The quantitative estimate of drug-likeness (QED) is 0.853. The fourth-order valence-corrected chi connectivity index (χ4v) is 2.68. The summed E-state index contributed by atoms with van der Waals surface area (Å²) in [5.41, 5.74) is -0.475. The molecule has 0 aliphatic carbocycles. The molecule has 1 aliphatic heterocycles. The number of hydrogen-bond acceptors (Lipinski definition) is 2. The minimum Gasteiger partial charge on any atom is -0.314 e. The smallest absolute Gasteiger partial charge is 0.314 e. The summed E-state index contributed by atoms with van der Waals surface area (Å²) in [5.74, 6) is 0. The summed E-state index contributed by atoms with van der Waals surface area (Å²) in [6.45, 7) is 2.09. The molecule has 1 aromatic rings. The highest BCUT2D eigenvalue weighted by atomic mass is 35.5. The minimum absolute atomic E-state index is 0. The number of rotatable bonds is 4. The molecule has 1 aliphatic rings. The van der Waals surface area contributed by atoms with Crippen LogP contribution in [0.2, 0.25) is 0 Å². The van der Waals surface area contributed by atoms with Gasteiger partial charge in [-0.05, 0) is 18.1 Å². The maximum absolute atomic E-state index is 13.1. The number of nitrogens with one attached hydrogen (secondary N) is 1. The molecule has 7 heteroatoms. The second kappa shape index (κ2) is 7.96. The second-order valence-electron chi connectivity index (χ2n) is 4.86. The third-order valence-electron chi connectivity index (χ3n) is 3.60. The van der Waals surface area contributed by atoms with Gasteiger partial charge < -0.3 is 5.32 Å². The molecule has 1 heterocycles. The van der Waals surface area contributed by atoms with Crippen molar-refractivity contribution in [2.75, 3.05) is 32.9 Å². The van der Waals surface area contributed by atoms with E-state index >= 15 is 0 Å². The van der Waals surface area contributed by atoms with E-state index in [-0.39, 0.29) is 24.4 Å². The summed E-state index contributed by atoms with van der Waals surface area (Å²) in [4.78, 5) is 1.93. The van der Waals surface area contributed by atoms with Crippen molar-refractivity contribution in [2.45, 2.75) is 18.6 Å². The Morgan fingerprint density at radius 1 is 1.14 bits per heavy atom. The predicted octanol–water partition coefficient (Wildman–Crippen LogP) is 3.43. The van der Waals surface area contributed by atoms with Gasteiger partial charge in [-0.3, -0.25) is 9.29 Å². The zero-order valence-electron chi connectivity index (χ0n) is 11.5. The Morgan fingerprint density at radius 2 is 1.76 bits per heavy atom. The first kappa shape index (κ1) is 18.2. The van der Waals surface area contributed by atoms with E-state index < -0.39 is 24.5 Å². The van der Waals surface area contributed by atoms with Gasteiger partial charge in [0.05, 0.1) is 12.2 Å². The van der Waals surface area contributed by atoms with Gasteiger partial charge in [0.1, 0.15) is 0 Å².